The molecule has 3 unspecified atom stereocenters. The van der Waals surface area contributed by atoms with Crippen LogP contribution in [0.15, 0.2) is 36.4 Å². The third-order valence-corrected chi connectivity index (χ3v) is 7.13. The van der Waals surface area contributed by atoms with Gasteiger partial charge in [-0.15, -0.1) is 0 Å². The molecule has 2 N–H and O–H groups in total. The van der Waals surface area contributed by atoms with E-state index in [1.807, 2.05) is 20.8 Å². The number of nitrogens with zero attached hydrogens (tertiary/aromatic N) is 2. The minimum Gasteiger partial charge on any atom is -0.481 e. The van der Waals surface area contributed by atoms with Crippen LogP contribution in [-0.4, -0.2) is 35.1 Å². The molecular formula is C27H29Cl2F2N3O3. The van der Waals surface area contributed by atoms with Crippen LogP contribution in [0.4, 0.5) is 13.6 Å². The molecule has 1 fully saturated rings. The van der Waals surface area contributed by atoms with E-state index >= 15 is 8.78 Å². The van der Waals surface area contributed by atoms with Gasteiger partial charge in [0.15, 0.2) is 0 Å². The number of carboxylic acids is 1. The number of carboxylic acid groups (broad SMARTS) is 1. The normalized spacial score (nSPS) is 21.5. The summed E-state index contributed by atoms with van der Waals surface area (Å²) < 4.78 is 31.1. The molecule has 1 aliphatic rings. The van der Waals surface area contributed by atoms with Crippen molar-refractivity contribution in [2.24, 2.45) is 11.3 Å². The number of carbonyl (C=O) groups excluding carboxylic acids is 1. The van der Waals surface area contributed by atoms with E-state index in [0.29, 0.717) is 6.42 Å². The quantitative estimate of drug-likeness (QED) is 0.373. The molecule has 1 heterocycles. The van der Waals surface area contributed by atoms with Crippen molar-refractivity contribution in [2.75, 3.05) is 13.1 Å². The molecule has 0 aliphatic carbocycles. The van der Waals surface area contributed by atoms with Crippen LogP contribution in [0.2, 0.25) is 10.0 Å². The topological polar surface area (TPSA) is 93.4 Å². The first kappa shape index (κ1) is 28.7. The monoisotopic (exact) mass is 551 g/mol. The number of hydrogen-bond donors (Lipinski definition) is 2. The average molecular weight is 552 g/mol. The Morgan fingerprint density at radius 2 is 1.95 bits per heavy atom. The summed E-state index contributed by atoms with van der Waals surface area (Å²) in [4.78, 5) is 25.6. The maximum absolute atomic E-state index is 15.5. The maximum atomic E-state index is 15.5. The van der Waals surface area contributed by atoms with Crippen molar-refractivity contribution in [3.8, 4) is 6.07 Å². The van der Waals surface area contributed by atoms with Gasteiger partial charge in [-0.05, 0) is 36.5 Å². The average Bonchev–Trinajstić information content (AvgIpc) is 3.11. The molecule has 3 rings (SSSR count). The number of halogens is 4. The van der Waals surface area contributed by atoms with Crippen LogP contribution in [0.1, 0.15) is 57.2 Å². The maximum Gasteiger partial charge on any atom is 0.317 e. The fraction of sp³-hybridized carbons (Fsp3) is 0.444. The van der Waals surface area contributed by atoms with Crippen LogP contribution in [0, 0.1) is 34.3 Å². The van der Waals surface area contributed by atoms with E-state index in [4.69, 9.17) is 28.3 Å². The number of urea groups is 1. The SMILES string of the molecule is CC(C)(C)CC1CN(C(=O)NCCCC(=O)O)C(c2cccc(Cl)c2F)C1(C#N)c1ccc(Cl)cc1F. The van der Waals surface area contributed by atoms with Gasteiger partial charge in [-0.25, -0.2) is 13.6 Å². The Hall–Kier alpha value is -2.89. The van der Waals surface area contributed by atoms with Gasteiger partial charge in [-0.2, -0.15) is 5.26 Å². The summed E-state index contributed by atoms with van der Waals surface area (Å²) in [5.41, 5.74) is -1.99. The smallest absolute Gasteiger partial charge is 0.317 e. The van der Waals surface area contributed by atoms with Gasteiger partial charge in [-0.3, -0.25) is 4.79 Å². The van der Waals surface area contributed by atoms with Gasteiger partial charge in [-0.1, -0.05) is 62.2 Å². The highest BCUT2D eigenvalue weighted by molar-refractivity contribution is 6.31. The highest BCUT2D eigenvalue weighted by Crippen LogP contribution is 2.56. The second kappa shape index (κ2) is 11.2. The molecule has 1 saturated heterocycles. The van der Waals surface area contributed by atoms with Crippen LogP contribution in [0.5, 0.6) is 0 Å². The van der Waals surface area contributed by atoms with Gasteiger partial charge in [0.1, 0.15) is 17.0 Å². The number of benzene rings is 2. The molecule has 0 spiro atoms. The molecule has 37 heavy (non-hydrogen) atoms. The molecule has 3 atom stereocenters. The summed E-state index contributed by atoms with van der Waals surface area (Å²) in [5.74, 6) is -3.12. The van der Waals surface area contributed by atoms with E-state index in [-0.39, 0.29) is 52.5 Å². The Balaban J connectivity index is 2.23. The van der Waals surface area contributed by atoms with E-state index in [9.17, 15) is 14.9 Å². The molecular weight excluding hydrogens is 523 g/mol. The molecule has 2 aromatic carbocycles. The predicted octanol–water partition coefficient (Wildman–Crippen LogP) is 6.72. The Morgan fingerprint density at radius 3 is 2.54 bits per heavy atom. The molecule has 0 radical (unpaired) electrons. The molecule has 2 aromatic rings. The van der Waals surface area contributed by atoms with Crippen LogP contribution in [-0.2, 0) is 10.2 Å². The van der Waals surface area contributed by atoms with Crippen molar-refractivity contribution in [3.63, 3.8) is 0 Å². The first-order valence-electron chi connectivity index (χ1n) is 11.9. The lowest BCUT2D eigenvalue weighted by Gasteiger charge is -2.38. The highest BCUT2D eigenvalue weighted by atomic mass is 35.5. The first-order chi connectivity index (χ1) is 17.3. The summed E-state index contributed by atoms with van der Waals surface area (Å²) in [6, 6.07) is 8.76. The Bertz CT molecular complexity index is 1230. The summed E-state index contributed by atoms with van der Waals surface area (Å²) in [5, 5.41) is 22.3. The molecule has 0 bridgehead atoms. The lowest BCUT2D eigenvalue weighted by Crippen LogP contribution is -2.44. The molecule has 2 amide bonds. The Labute approximate surface area is 225 Å². The van der Waals surface area contributed by atoms with Gasteiger partial charge >= 0.3 is 12.0 Å². The summed E-state index contributed by atoms with van der Waals surface area (Å²) in [6.07, 6.45) is 0.466. The van der Waals surface area contributed by atoms with Gasteiger partial charge in [0, 0.05) is 41.6 Å². The minimum atomic E-state index is -1.67. The third-order valence-electron chi connectivity index (χ3n) is 6.61. The second-order valence-corrected chi connectivity index (χ2v) is 11.3. The number of amides is 2. The van der Waals surface area contributed by atoms with Gasteiger partial charge < -0.3 is 15.3 Å². The summed E-state index contributed by atoms with van der Waals surface area (Å²) >= 11 is 12.1. The van der Waals surface area contributed by atoms with Gasteiger partial charge in [0.2, 0.25) is 0 Å². The van der Waals surface area contributed by atoms with Crippen LogP contribution in [0.3, 0.4) is 0 Å². The fourth-order valence-corrected chi connectivity index (χ4v) is 5.55. The number of hydrogen-bond acceptors (Lipinski definition) is 3. The third kappa shape index (κ3) is 6.00. The molecule has 0 saturated carbocycles. The van der Waals surface area contributed by atoms with Crippen molar-refractivity contribution in [3.05, 3.63) is 69.2 Å². The number of nitrogens with one attached hydrogen (secondary N) is 1. The molecule has 198 valence electrons. The first-order valence-corrected chi connectivity index (χ1v) is 12.6. The number of likely N-dealkylation sites (tertiary alicyclic amines) is 1. The van der Waals surface area contributed by atoms with Gasteiger partial charge in [0.05, 0.1) is 17.1 Å². The lowest BCUT2D eigenvalue weighted by atomic mass is 9.63. The summed E-state index contributed by atoms with van der Waals surface area (Å²) in [7, 11) is 0. The second-order valence-electron chi connectivity index (χ2n) is 10.5. The standard InChI is InChI=1S/C27H29Cl2F2N3O3/c1-26(2,3)13-16-14-34(25(37)33-11-5-8-22(35)36)24(18-6-4-7-20(29)23(18)31)27(16,15-32)19-10-9-17(28)12-21(19)30/h4,6-7,9-10,12,16,24H,5,8,11,13-14H2,1-3H3,(H,33,37)(H,35,36). The number of carbonyl (C=O) groups is 2. The van der Waals surface area contributed by atoms with Crippen molar-refractivity contribution in [1.82, 2.24) is 10.2 Å². The predicted molar refractivity (Wildman–Crippen MR) is 137 cm³/mol. The van der Waals surface area contributed by atoms with Crippen molar-refractivity contribution in [2.45, 2.75) is 51.5 Å². The van der Waals surface area contributed by atoms with Crippen molar-refractivity contribution < 1.29 is 23.5 Å². The van der Waals surface area contributed by atoms with E-state index in [1.54, 1.807) is 0 Å². The molecule has 10 heteroatoms. The van der Waals surface area contributed by atoms with E-state index in [1.165, 1.54) is 35.2 Å². The number of nitriles is 1. The van der Waals surface area contributed by atoms with E-state index in [0.717, 1.165) is 6.07 Å². The number of aliphatic carboxylic acids is 1. The van der Waals surface area contributed by atoms with Crippen LogP contribution < -0.4 is 5.32 Å². The fourth-order valence-electron chi connectivity index (χ4n) is 5.21. The highest BCUT2D eigenvalue weighted by Gasteiger charge is 2.60. The summed E-state index contributed by atoms with van der Waals surface area (Å²) in [6.45, 7) is 6.00. The Morgan fingerprint density at radius 1 is 1.24 bits per heavy atom. The minimum absolute atomic E-state index is 0.0132. The molecule has 6 nitrogen and oxygen atoms in total. The van der Waals surface area contributed by atoms with E-state index in [2.05, 4.69) is 11.4 Å². The molecule has 0 aromatic heterocycles. The zero-order valence-electron chi connectivity index (χ0n) is 20.8. The largest absolute Gasteiger partial charge is 0.481 e. The zero-order chi connectivity index (χ0) is 27.5. The van der Waals surface area contributed by atoms with Gasteiger partial charge in [0.25, 0.3) is 0 Å². The van der Waals surface area contributed by atoms with Crippen molar-refractivity contribution >= 4 is 35.2 Å². The molecule has 1 aliphatic heterocycles. The lowest BCUT2D eigenvalue weighted by molar-refractivity contribution is -0.137. The van der Waals surface area contributed by atoms with Crippen LogP contribution >= 0.6 is 23.2 Å². The van der Waals surface area contributed by atoms with Crippen molar-refractivity contribution in [1.29, 1.82) is 5.26 Å². The number of rotatable bonds is 7. The zero-order valence-corrected chi connectivity index (χ0v) is 22.3. The Kier molecular flexibility index (Phi) is 8.71. The van der Waals surface area contributed by atoms with E-state index < -0.39 is 41.0 Å². The van der Waals surface area contributed by atoms with Crippen LogP contribution in [0.25, 0.3) is 0 Å².